The molecule has 7 nitrogen and oxygen atoms in total. The Morgan fingerprint density at radius 3 is 2.31 bits per heavy atom. The van der Waals surface area contributed by atoms with Crippen LogP contribution in [0.15, 0.2) is 36.4 Å². The van der Waals surface area contributed by atoms with Crippen LogP contribution in [-0.4, -0.2) is 76.3 Å². The number of fused-ring (bicyclic) bond motifs is 1. The maximum Gasteiger partial charge on any atom is 0.258 e. The van der Waals surface area contributed by atoms with Gasteiger partial charge in [0, 0.05) is 44.5 Å². The lowest BCUT2D eigenvalue weighted by molar-refractivity contribution is -0.142. The van der Waals surface area contributed by atoms with E-state index in [1.165, 1.54) is 32.1 Å². The maximum absolute atomic E-state index is 13.4. The number of hydrogen-bond donors (Lipinski definition) is 1. The topological polar surface area (TPSA) is 81.2 Å². The summed E-state index contributed by atoms with van der Waals surface area (Å²) in [4.78, 5) is 44.9. The van der Waals surface area contributed by atoms with Crippen molar-refractivity contribution in [3.05, 3.63) is 42.0 Å². The number of amides is 3. The van der Waals surface area contributed by atoms with Crippen molar-refractivity contribution in [3.8, 4) is 5.75 Å². The average molecular weight is 492 g/mol. The molecule has 2 aromatic rings. The highest BCUT2D eigenvalue weighted by molar-refractivity contribution is 6.05. The van der Waals surface area contributed by atoms with E-state index in [0.717, 1.165) is 18.2 Å². The molecule has 2 aliphatic heterocycles. The first kappa shape index (κ1) is 24.6. The summed E-state index contributed by atoms with van der Waals surface area (Å²) >= 11 is 0. The highest BCUT2D eigenvalue weighted by Crippen LogP contribution is 2.32. The normalized spacial score (nSPS) is 21.2. The number of hydrogen-bond acceptors (Lipinski definition) is 4. The van der Waals surface area contributed by atoms with E-state index in [1.807, 2.05) is 29.2 Å². The number of benzene rings is 2. The van der Waals surface area contributed by atoms with Crippen molar-refractivity contribution >= 4 is 28.5 Å². The predicted octanol–water partition coefficient (Wildman–Crippen LogP) is 4.18. The molecule has 7 heteroatoms. The second-order valence-electron chi connectivity index (χ2n) is 10.6. The van der Waals surface area contributed by atoms with Gasteiger partial charge in [-0.1, -0.05) is 62.4 Å². The van der Waals surface area contributed by atoms with Gasteiger partial charge in [0.15, 0.2) is 0 Å². The van der Waals surface area contributed by atoms with E-state index in [4.69, 9.17) is 0 Å². The molecule has 2 aromatic carbocycles. The van der Waals surface area contributed by atoms with Gasteiger partial charge in [0.2, 0.25) is 11.8 Å². The van der Waals surface area contributed by atoms with Gasteiger partial charge in [-0.25, -0.2) is 0 Å². The first-order chi connectivity index (χ1) is 17.5. The molecule has 192 valence electrons. The van der Waals surface area contributed by atoms with Crippen LogP contribution in [0.25, 0.3) is 10.8 Å². The number of piperazine rings is 1. The fourth-order valence-electron chi connectivity index (χ4n) is 6.20. The van der Waals surface area contributed by atoms with Crippen LogP contribution in [0.1, 0.15) is 68.1 Å². The quantitative estimate of drug-likeness (QED) is 0.680. The Labute approximate surface area is 213 Å². The molecule has 2 saturated heterocycles. The highest BCUT2D eigenvalue weighted by Gasteiger charge is 2.38. The van der Waals surface area contributed by atoms with E-state index >= 15 is 0 Å². The molecule has 3 fully saturated rings. The Kier molecular flexibility index (Phi) is 7.44. The summed E-state index contributed by atoms with van der Waals surface area (Å²) in [7, 11) is 0. The highest BCUT2D eigenvalue weighted by atomic mass is 16.3. The molecule has 5 rings (SSSR count). The Morgan fingerprint density at radius 2 is 1.53 bits per heavy atom. The average Bonchev–Trinajstić information content (AvgIpc) is 3.42. The molecule has 1 unspecified atom stereocenters. The van der Waals surface area contributed by atoms with Crippen LogP contribution in [0.3, 0.4) is 0 Å². The summed E-state index contributed by atoms with van der Waals surface area (Å²) in [5.41, 5.74) is 0.238. The first-order valence-electron chi connectivity index (χ1n) is 13.6. The largest absolute Gasteiger partial charge is 0.506 e. The van der Waals surface area contributed by atoms with E-state index in [9.17, 15) is 19.5 Å². The molecule has 3 amide bonds. The summed E-state index contributed by atoms with van der Waals surface area (Å²) < 4.78 is 0. The van der Waals surface area contributed by atoms with E-state index in [0.29, 0.717) is 56.9 Å². The fourth-order valence-corrected chi connectivity index (χ4v) is 6.20. The van der Waals surface area contributed by atoms with Crippen molar-refractivity contribution in [2.75, 3.05) is 32.7 Å². The van der Waals surface area contributed by atoms with E-state index in [1.54, 1.807) is 21.9 Å². The Hall–Kier alpha value is -3.09. The third-order valence-corrected chi connectivity index (χ3v) is 8.36. The minimum absolute atomic E-state index is 0.0310. The Bertz CT molecular complexity index is 1120. The molecule has 1 saturated carbocycles. The molecule has 0 aromatic heterocycles. The molecular weight excluding hydrogens is 454 g/mol. The zero-order chi connectivity index (χ0) is 25.1. The number of phenolic OH excluding ortho intramolecular Hbond substituents is 1. The summed E-state index contributed by atoms with van der Waals surface area (Å²) in [5.74, 6) is 0.522. The third-order valence-electron chi connectivity index (χ3n) is 8.36. The molecule has 0 spiro atoms. The van der Waals surface area contributed by atoms with E-state index in [-0.39, 0.29) is 29.0 Å². The number of aromatic hydroxyl groups is 1. The van der Waals surface area contributed by atoms with Crippen molar-refractivity contribution in [2.45, 2.75) is 63.8 Å². The zero-order valence-electron chi connectivity index (χ0n) is 21.0. The molecular formula is C29H37N3O4. The van der Waals surface area contributed by atoms with Crippen molar-refractivity contribution < 1.29 is 19.5 Å². The molecule has 1 aliphatic carbocycles. The second kappa shape index (κ2) is 10.9. The monoisotopic (exact) mass is 491 g/mol. The van der Waals surface area contributed by atoms with Crippen molar-refractivity contribution in [1.29, 1.82) is 0 Å². The second-order valence-corrected chi connectivity index (χ2v) is 10.6. The van der Waals surface area contributed by atoms with E-state index < -0.39 is 6.04 Å². The lowest BCUT2D eigenvalue weighted by atomic mass is 9.86. The summed E-state index contributed by atoms with van der Waals surface area (Å²) in [6.07, 6.45) is 9.40. The minimum atomic E-state index is -0.517. The minimum Gasteiger partial charge on any atom is -0.506 e. The summed E-state index contributed by atoms with van der Waals surface area (Å²) in [6.45, 7) is 2.63. The number of phenols is 1. The lowest BCUT2D eigenvalue weighted by Gasteiger charge is -2.37. The standard InChI is InChI=1S/C29H37N3O4/c33-26(15-12-21-7-2-1-3-8-21)30-17-19-31(20-18-30)29(36)25-11-6-16-32(25)28(35)24-14-13-22-9-4-5-10-23(22)27(24)34/h4-5,9-10,13-14,21,25,34H,1-3,6-8,11-12,15-20H2. The molecule has 36 heavy (non-hydrogen) atoms. The van der Waals surface area contributed by atoms with Crippen molar-refractivity contribution in [2.24, 2.45) is 5.92 Å². The lowest BCUT2D eigenvalue weighted by Crippen LogP contribution is -2.55. The van der Waals surface area contributed by atoms with Gasteiger partial charge in [0.05, 0.1) is 5.56 Å². The number of nitrogens with zero attached hydrogens (tertiary/aromatic N) is 3. The molecule has 3 aliphatic rings. The Morgan fingerprint density at radius 1 is 0.806 bits per heavy atom. The predicted molar refractivity (Wildman–Crippen MR) is 139 cm³/mol. The first-order valence-corrected chi connectivity index (χ1v) is 13.6. The van der Waals surface area contributed by atoms with Gasteiger partial charge < -0.3 is 19.8 Å². The molecule has 0 radical (unpaired) electrons. The van der Waals surface area contributed by atoms with E-state index in [2.05, 4.69) is 0 Å². The van der Waals surface area contributed by atoms with Gasteiger partial charge in [0.25, 0.3) is 5.91 Å². The van der Waals surface area contributed by atoms with Crippen LogP contribution < -0.4 is 0 Å². The van der Waals surface area contributed by atoms with Crippen LogP contribution >= 0.6 is 0 Å². The van der Waals surface area contributed by atoms with Crippen LogP contribution in [0.4, 0.5) is 0 Å². The molecule has 2 heterocycles. The van der Waals surface area contributed by atoms with Gasteiger partial charge in [-0.15, -0.1) is 0 Å². The third kappa shape index (κ3) is 5.06. The van der Waals surface area contributed by atoms with Crippen LogP contribution in [0.5, 0.6) is 5.75 Å². The summed E-state index contributed by atoms with van der Waals surface area (Å²) in [5, 5.41) is 12.3. The van der Waals surface area contributed by atoms with Crippen LogP contribution in [0.2, 0.25) is 0 Å². The molecule has 1 atom stereocenters. The smallest absolute Gasteiger partial charge is 0.258 e. The number of carbonyl (C=O) groups is 3. The SMILES string of the molecule is O=C(CCC1CCCCC1)N1CCN(C(=O)C2CCCN2C(=O)c2ccc3ccccc3c2O)CC1. The van der Waals surface area contributed by atoms with Gasteiger partial charge in [0.1, 0.15) is 11.8 Å². The number of likely N-dealkylation sites (tertiary alicyclic amines) is 1. The van der Waals surface area contributed by atoms with Crippen LogP contribution in [-0.2, 0) is 9.59 Å². The Balaban J connectivity index is 1.18. The number of rotatable bonds is 5. The van der Waals surface area contributed by atoms with Gasteiger partial charge >= 0.3 is 0 Å². The van der Waals surface area contributed by atoms with Gasteiger partial charge in [-0.05, 0) is 36.6 Å². The molecule has 0 bridgehead atoms. The number of carbonyl (C=O) groups excluding carboxylic acids is 3. The molecule has 1 N–H and O–H groups in total. The van der Waals surface area contributed by atoms with Crippen LogP contribution in [0, 0.1) is 5.92 Å². The van der Waals surface area contributed by atoms with Gasteiger partial charge in [-0.3, -0.25) is 14.4 Å². The van der Waals surface area contributed by atoms with Gasteiger partial charge in [-0.2, -0.15) is 0 Å². The zero-order valence-corrected chi connectivity index (χ0v) is 21.0. The fraction of sp³-hybridized carbons (Fsp3) is 0.552. The summed E-state index contributed by atoms with van der Waals surface area (Å²) in [6, 6.07) is 10.4. The van der Waals surface area contributed by atoms with Crippen molar-refractivity contribution in [1.82, 2.24) is 14.7 Å². The maximum atomic E-state index is 13.4. The van der Waals surface area contributed by atoms with Crippen molar-refractivity contribution in [3.63, 3.8) is 0 Å².